The fourth-order valence-corrected chi connectivity index (χ4v) is 4.35. The monoisotopic (exact) mass is 435 g/mol. The minimum atomic E-state index is -0.273. The number of aryl methyl sites for hydroxylation is 3. The van der Waals surface area contributed by atoms with E-state index < -0.39 is 0 Å². The molecular weight excluding hydrogens is 405 g/mol. The predicted molar refractivity (Wildman–Crippen MR) is 123 cm³/mol. The molecule has 1 amide bonds. The topological polar surface area (TPSA) is 63.1 Å². The number of pyridine rings is 1. The van der Waals surface area contributed by atoms with Crippen LogP contribution in [0.4, 0.5) is 15.8 Å². The van der Waals surface area contributed by atoms with Crippen LogP contribution in [0.2, 0.25) is 0 Å². The summed E-state index contributed by atoms with van der Waals surface area (Å²) in [5, 5.41) is 3.28. The van der Waals surface area contributed by atoms with E-state index in [0.717, 1.165) is 55.3 Å². The van der Waals surface area contributed by atoms with E-state index in [1.807, 2.05) is 43.1 Å². The number of hydrogen-bond acceptors (Lipinski definition) is 4. The molecule has 3 aromatic rings. The molecule has 168 valence electrons. The van der Waals surface area contributed by atoms with Crippen molar-refractivity contribution >= 4 is 17.3 Å². The highest BCUT2D eigenvalue weighted by atomic mass is 19.1. The fourth-order valence-electron chi connectivity index (χ4n) is 4.35. The van der Waals surface area contributed by atoms with Crippen molar-refractivity contribution < 1.29 is 9.18 Å². The van der Waals surface area contributed by atoms with Gasteiger partial charge in [0.1, 0.15) is 11.6 Å². The third-order valence-electron chi connectivity index (χ3n) is 5.99. The summed E-state index contributed by atoms with van der Waals surface area (Å²) < 4.78 is 15.6. The Hall–Kier alpha value is -3.22. The second kappa shape index (κ2) is 9.94. The molecule has 2 aromatic heterocycles. The van der Waals surface area contributed by atoms with Crippen molar-refractivity contribution in [2.45, 2.75) is 52.0 Å². The van der Waals surface area contributed by atoms with Gasteiger partial charge in [0, 0.05) is 67.1 Å². The summed E-state index contributed by atoms with van der Waals surface area (Å²) in [6.45, 7) is 6.25. The minimum absolute atomic E-state index is 0.205. The first-order chi connectivity index (χ1) is 15.5. The molecule has 1 aromatic carbocycles. The molecular formula is C25H30FN5O. The highest BCUT2D eigenvalue weighted by Gasteiger charge is 2.25. The quantitative estimate of drug-likeness (QED) is 0.570. The van der Waals surface area contributed by atoms with Crippen LogP contribution in [0.1, 0.15) is 48.8 Å². The van der Waals surface area contributed by atoms with Gasteiger partial charge in [0.15, 0.2) is 0 Å². The van der Waals surface area contributed by atoms with Crippen LogP contribution in [-0.2, 0) is 11.3 Å². The zero-order valence-corrected chi connectivity index (χ0v) is 18.7. The molecule has 0 spiro atoms. The van der Waals surface area contributed by atoms with Gasteiger partial charge in [-0.3, -0.25) is 9.78 Å². The lowest BCUT2D eigenvalue weighted by Crippen LogP contribution is -2.39. The second-order valence-corrected chi connectivity index (χ2v) is 8.51. The molecule has 7 heteroatoms. The molecule has 0 bridgehead atoms. The van der Waals surface area contributed by atoms with E-state index in [1.165, 1.54) is 12.1 Å². The zero-order chi connectivity index (χ0) is 22.5. The van der Waals surface area contributed by atoms with Crippen LogP contribution >= 0.6 is 0 Å². The molecule has 1 aliphatic rings. The van der Waals surface area contributed by atoms with E-state index in [4.69, 9.17) is 4.98 Å². The molecule has 1 fully saturated rings. The first kappa shape index (κ1) is 22.0. The maximum absolute atomic E-state index is 13.5. The Morgan fingerprint density at radius 2 is 2.09 bits per heavy atom. The number of halogens is 1. The maximum atomic E-state index is 13.5. The average molecular weight is 436 g/mol. The van der Waals surface area contributed by atoms with Crippen LogP contribution in [0.25, 0.3) is 0 Å². The van der Waals surface area contributed by atoms with Crippen molar-refractivity contribution in [3.8, 4) is 0 Å². The van der Waals surface area contributed by atoms with Crippen molar-refractivity contribution in [3.05, 3.63) is 71.8 Å². The van der Waals surface area contributed by atoms with Gasteiger partial charge >= 0.3 is 0 Å². The number of carbonyl (C=O) groups is 1. The van der Waals surface area contributed by atoms with Crippen molar-refractivity contribution in [1.82, 2.24) is 19.4 Å². The molecule has 1 saturated heterocycles. The van der Waals surface area contributed by atoms with Gasteiger partial charge in [0.2, 0.25) is 5.91 Å². The number of amides is 1. The number of nitrogens with zero attached hydrogens (tertiary/aromatic N) is 4. The number of likely N-dealkylation sites (tertiary alicyclic amines) is 1. The number of rotatable bonds is 7. The molecule has 1 unspecified atom stereocenters. The summed E-state index contributed by atoms with van der Waals surface area (Å²) in [7, 11) is 0. The van der Waals surface area contributed by atoms with Gasteiger partial charge < -0.3 is 14.8 Å². The van der Waals surface area contributed by atoms with Gasteiger partial charge in [0.25, 0.3) is 0 Å². The Balaban J connectivity index is 1.38. The summed E-state index contributed by atoms with van der Waals surface area (Å²) in [6.07, 6.45) is 7.07. The Bertz CT molecular complexity index is 1080. The number of carbonyl (C=O) groups excluding carboxylic acids is 1. The SMILES string of the molecule is Cc1cc(Nc2cccc(F)c2)cc(C2CCCN(C(=O)CCCn3ccnc3C)C2)n1. The molecule has 1 aliphatic heterocycles. The Morgan fingerprint density at radius 1 is 1.22 bits per heavy atom. The summed E-state index contributed by atoms with van der Waals surface area (Å²) in [4.78, 5) is 23.8. The normalized spacial score (nSPS) is 16.2. The van der Waals surface area contributed by atoms with E-state index in [0.29, 0.717) is 18.7 Å². The van der Waals surface area contributed by atoms with Gasteiger partial charge in [-0.25, -0.2) is 9.37 Å². The number of piperidine rings is 1. The van der Waals surface area contributed by atoms with Crippen LogP contribution in [0, 0.1) is 19.7 Å². The first-order valence-corrected chi connectivity index (χ1v) is 11.2. The summed E-state index contributed by atoms with van der Waals surface area (Å²) in [5.74, 6) is 1.11. The molecule has 6 nitrogen and oxygen atoms in total. The number of imidazole rings is 1. The lowest BCUT2D eigenvalue weighted by molar-refractivity contribution is -0.132. The van der Waals surface area contributed by atoms with Gasteiger partial charge in [0.05, 0.1) is 0 Å². The smallest absolute Gasteiger partial charge is 0.222 e. The molecule has 0 radical (unpaired) electrons. The highest BCUT2D eigenvalue weighted by molar-refractivity contribution is 5.76. The van der Waals surface area contributed by atoms with Gasteiger partial charge in [-0.2, -0.15) is 0 Å². The van der Waals surface area contributed by atoms with E-state index in [1.54, 1.807) is 12.3 Å². The molecule has 1 N–H and O–H groups in total. The standard InChI is InChI=1S/C25H30FN5O/c1-18-14-23(29-22-8-3-7-21(26)15-22)16-24(28-18)20-6-4-12-31(17-20)25(32)9-5-11-30-13-10-27-19(30)2/h3,7-8,10,13-16,20H,4-6,9,11-12,17H2,1-2H3,(H,28,29). The van der Waals surface area contributed by atoms with Gasteiger partial charge in [-0.1, -0.05) is 6.07 Å². The van der Waals surface area contributed by atoms with Crippen molar-refractivity contribution in [1.29, 1.82) is 0 Å². The lowest BCUT2D eigenvalue weighted by atomic mass is 9.93. The van der Waals surface area contributed by atoms with E-state index >= 15 is 0 Å². The third kappa shape index (κ3) is 5.52. The maximum Gasteiger partial charge on any atom is 0.222 e. The molecule has 0 aliphatic carbocycles. The number of nitrogens with one attached hydrogen (secondary N) is 1. The lowest BCUT2D eigenvalue weighted by Gasteiger charge is -2.33. The Kier molecular flexibility index (Phi) is 6.83. The van der Waals surface area contributed by atoms with Crippen molar-refractivity contribution in [2.24, 2.45) is 0 Å². The van der Waals surface area contributed by atoms with Crippen LogP contribution in [0.3, 0.4) is 0 Å². The van der Waals surface area contributed by atoms with E-state index in [2.05, 4.69) is 14.9 Å². The predicted octanol–water partition coefficient (Wildman–Crippen LogP) is 4.96. The number of hydrogen-bond donors (Lipinski definition) is 1. The van der Waals surface area contributed by atoms with Crippen LogP contribution in [-0.4, -0.2) is 38.4 Å². The minimum Gasteiger partial charge on any atom is -0.355 e. The molecule has 32 heavy (non-hydrogen) atoms. The first-order valence-electron chi connectivity index (χ1n) is 11.2. The van der Waals surface area contributed by atoms with Crippen LogP contribution in [0.15, 0.2) is 48.8 Å². The van der Waals surface area contributed by atoms with Crippen LogP contribution in [0.5, 0.6) is 0 Å². The molecule has 1 atom stereocenters. The molecule has 3 heterocycles. The van der Waals surface area contributed by atoms with Gasteiger partial charge in [-0.15, -0.1) is 0 Å². The van der Waals surface area contributed by atoms with E-state index in [-0.39, 0.29) is 17.6 Å². The Morgan fingerprint density at radius 3 is 2.88 bits per heavy atom. The van der Waals surface area contributed by atoms with Crippen molar-refractivity contribution in [3.63, 3.8) is 0 Å². The third-order valence-corrected chi connectivity index (χ3v) is 5.99. The molecule has 4 rings (SSSR count). The van der Waals surface area contributed by atoms with Crippen LogP contribution < -0.4 is 5.32 Å². The van der Waals surface area contributed by atoms with Crippen molar-refractivity contribution in [2.75, 3.05) is 18.4 Å². The average Bonchev–Trinajstić information content (AvgIpc) is 3.18. The summed E-state index contributed by atoms with van der Waals surface area (Å²) >= 11 is 0. The van der Waals surface area contributed by atoms with Gasteiger partial charge in [-0.05, 0) is 63.4 Å². The molecule has 0 saturated carbocycles. The highest BCUT2D eigenvalue weighted by Crippen LogP contribution is 2.29. The fraction of sp³-hybridized carbons (Fsp3) is 0.400. The van der Waals surface area contributed by atoms with E-state index in [9.17, 15) is 9.18 Å². The largest absolute Gasteiger partial charge is 0.355 e. The number of aromatic nitrogens is 3. The number of benzene rings is 1. The Labute approximate surface area is 188 Å². The second-order valence-electron chi connectivity index (χ2n) is 8.51. The summed E-state index contributed by atoms with van der Waals surface area (Å²) in [5.41, 5.74) is 3.48. The number of anilines is 2. The summed E-state index contributed by atoms with van der Waals surface area (Å²) in [6, 6.07) is 10.4. The zero-order valence-electron chi connectivity index (χ0n) is 18.7.